The van der Waals surface area contributed by atoms with Crippen LogP contribution in [0.15, 0.2) is 34.4 Å². The van der Waals surface area contributed by atoms with Crippen molar-refractivity contribution in [2.45, 2.75) is 27.0 Å². The molecule has 75 valence electrons. The van der Waals surface area contributed by atoms with Crippen molar-refractivity contribution in [1.29, 1.82) is 0 Å². The number of halogens is 1. The second-order valence-electron chi connectivity index (χ2n) is 3.10. The Morgan fingerprint density at radius 3 is 2.50 bits per heavy atom. The van der Waals surface area contributed by atoms with E-state index in [1.54, 1.807) is 6.08 Å². The second kappa shape index (κ2) is 6.82. The van der Waals surface area contributed by atoms with Crippen LogP contribution in [0.4, 0.5) is 0 Å². The number of allylic oxidation sites excluding steroid dienone is 5. The molecule has 0 aliphatic rings. The zero-order chi connectivity index (χ0) is 11.1. The molecule has 0 fully saturated rings. The van der Waals surface area contributed by atoms with Gasteiger partial charge >= 0.3 is 0 Å². The lowest BCUT2D eigenvalue weighted by Gasteiger charge is -2.00. The predicted molar refractivity (Wildman–Crippen MR) is 67.0 cm³/mol. The molecular formula is C11H15BBrO. The normalized spacial score (nSPS) is 13.3. The van der Waals surface area contributed by atoms with Crippen LogP contribution in [0.5, 0.6) is 0 Å². The summed E-state index contributed by atoms with van der Waals surface area (Å²) in [6, 6.07) is 0. The molecule has 0 aromatic rings. The smallest absolute Gasteiger partial charge is 0.150 e. The van der Waals surface area contributed by atoms with E-state index < -0.39 is 0 Å². The van der Waals surface area contributed by atoms with Crippen molar-refractivity contribution in [3.8, 4) is 0 Å². The van der Waals surface area contributed by atoms with Gasteiger partial charge in [0.25, 0.3) is 0 Å². The summed E-state index contributed by atoms with van der Waals surface area (Å²) in [6.45, 7) is 9.30. The maximum Gasteiger partial charge on any atom is 0.150 e. The van der Waals surface area contributed by atoms with Crippen LogP contribution >= 0.6 is 15.9 Å². The molecule has 0 spiro atoms. The fourth-order valence-corrected chi connectivity index (χ4v) is 1.10. The zero-order valence-electron chi connectivity index (χ0n) is 8.93. The van der Waals surface area contributed by atoms with Crippen LogP contribution in [0.1, 0.15) is 13.8 Å². The van der Waals surface area contributed by atoms with Gasteiger partial charge in [-0.3, -0.25) is 4.79 Å². The van der Waals surface area contributed by atoms with Crippen LogP contribution < -0.4 is 0 Å². The number of ketones is 1. The van der Waals surface area contributed by atoms with E-state index in [4.69, 9.17) is 0 Å². The summed E-state index contributed by atoms with van der Waals surface area (Å²) in [5, 5.41) is 0. The van der Waals surface area contributed by atoms with Crippen molar-refractivity contribution in [3.05, 3.63) is 34.4 Å². The summed E-state index contributed by atoms with van der Waals surface area (Å²) in [4.78, 5) is 11.4. The van der Waals surface area contributed by atoms with Crippen molar-refractivity contribution < 1.29 is 4.79 Å². The van der Waals surface area contributed by atoms with Crippen LogP contribution in [0, 0.1) is 0 Å². The molecule has 0 aromatic carbocycles. The van der Waals surface area contributed by atoms with Gasteiger partial charge in [-0.2, -0.15) is 0 Å². The molecule has 0 unspecified atom stereocenters. The van der Waals surface area contributed by atoms with E-state index in [0.717, 1.165) is 15.6 Å². The van der Waals surface area contributed by atoms with E-state index in [2.05, 4.69) is 22.5 Å². The maximum atomic E-state index is 11.4. The standard InChI is InChI=1S/C11H15BBrO/c1-5-10(13)8(2)6-9(3)11(14)7-12-4/h5-6H,1,7H2,2-4H3/b9-6+,10-8+. The van der Waals surface area contributed by atoms with Gasteiger partial charge in [0.05, 0.1) is 0 Å². The number of rotatable bonds is 5. The quantitative estimate of drug-likeness (QED) is 0.416. The van der Waals surface area contributed by atoms with E-state index in [9.17, 15) is 4.79 Å². The monoisotopic (exact) mass is 253 g/mol. The molecule has 1 nitrogen and oxygen atoms in total. The highest BCUT2D eigenvalue weighted by molar-refractivity contribution is 9.11. The largest absolute Gasteiger partial charge is 0.295 e. The van der Waals surface area contributed by atoms with Crippen molar-refractivity contribution in [3.63, 3.8) is 0 Å². The average Bonchev–Trinajstić information content (AvgIpc) is 2.16. The van der Waals surface area contributed by atoms with Crippen LogP contribution in [0.2, 0.25) is 13.1 Å². The van der Waals surface area contributed by atoms with Gasteiger partial charge in [-0.25, -0.2) is 0 Å². The Morgan fingerprint density at radius 1 is 1.50 bits per heavy atom. The molecule has 0 aromatic heterocycles. The third-order valence-corrected chi connectivity index (χ3v) is 2.77. The highest BCUT2D eigenvalue weighted by Gasteiger charge is 2.03. The lowest BCUT2D eigenvalue weighted by atomic mass is 9.75. The Kier molecular flexibility index (Phi) is 6.55. The van der Waals surface area contributed by atoms with Crippen molar-refractivity contribution in [2.24, 2.45) is 0 Å². The van der Waals surface area contributed by atoms with E-state index in [0.29, 0.717) is 6.32 Å². The molecular weight excluding hydrogens is 239 g/mol. The Labute approximate surface area is 95.3 Å². The lowest BCUT2D eigenvalue weighted by Crippen LogP contribution is -2.01. The summed E-state index contributed by atoms with van der Waals surface area (Å²) in [6.07, 6.45) is 4.09. The van der Waals surface area contributed by atoms with E-state index in [-0.39, 0.29) is 5.78 Å². The molecule has 0 aliphatic carbocycles. The minimum Gasteiger partial charge on any atom is -0.295 e. The van der Waals surface area contributed by atoms with Gasteiger partial charge in [0, 0.05) is 4.48 Å². The average molecular weight is 254 g/mol. The fraction of sp³-hybridized carbons (Fsp3) is 0.364. The van der Waals surface area contributed by atoms with Gasteiger partial charge in [-0.15, -0.1) is 0 Å². The van der Waals surface area contributed by atoms with Gasteiger partial charge in [-0.05, 0) is 31.3 Å². The number of carbonyl (C=O) groups is 1. The minimum absolute atomic E-state index is 0.163. The van der Waals surface area contributed by atoms with Crippen LogP contribution in [0.3, 0.4) is 0 Å². The SMILES string of the molecule is C=C/C(Br)=C(C)\C=C(/C)C(=O)C[B]C. The number of carbonyl (C=O) groups excluding carboxylic acids is 1. The molecule has 14 heavy (non-hydrogen) atoms. The number of hydrogen-bond acceptors (Lipinski definition) is 1. The molecule has 0 saturated heterocycles. The Bertz CT molecular complexity index is 290. The fourth-order valence-electron chi connectivity index (χ4n) is 0.982. The van der Waals surface area contributed by atoms with Crippen LogP contribution in [-0.2, 0) is 4.79 Å². The third kappa shape index (κ3) is 4.61. The molecule has 0 rings (SSSR count). The molecule has 0 bridgehead atoms. The summed E-state index contributed by atoms with van der Waals surface area (Å²) >= 11 is 3.36. The van der Waals surface area contributed by atoms with E-state index in [1.807, 2.05) is 34.0 Å². The first-order valence-corrected chi connectivity index (χ1v) is 5.30. The van der Waals surface area contributed by atoms with Gasteiger partial charge in [0.2, 0.25) is 0 Å². The molecule has 0 aliphatic heterocycles. The van der Waals surface area contributed by atoms with E-state index in [1.165, 1.54) is 0 Å². The van der Waals surface area contributed by atoms with Gasteiger partial charge < -0.3 is 0 Å². The van der Waals surface area contributed by atoms with Crippen molar-refractivity contribution in [2.75, 3.05) is 0 Å². The first kappa shape index (κ1) is 13.4. The van der Waals surface area contributed by atoms with Gasteiger partial charge in [0.15, 0.2) is 5.78 Å². The van der Waals surface area contributed by atoms with Crippen molar-refractivity contribution in [1.82, 2.24) is 0 Å². The molecule has 3 heteroatoms. The third-order valence-electron chi connectivity index (χ3n) is 1.82. The number of Topliss-reactive ketones (excluding diaryl/α,β-unsaturated/α-hetero) is 1. The molecule has 0 amide bonds. The summed E-state index contributed by atoms with van der Waals surface area (Å²) in [7, 11) is 1.86. The zero-order valence-corrected chi connectivity index (χ0v) is 10.5. The Hall–Kier alpha value is -0.565. The summed E-state index contributed by atoms with van der Waals surface area (Å²) < 4.78 is 0.921. The first-order valence-electron chi connectivity index (χ1n) is 4.51. The highest BCUT2D eigenvalue weighted by Crippen LogP contribution is 2.15. The molecule has 0 saturated carbocycles. The van der Waals surface area contributed by atoms with Crippen molar-refractivity contribution >= 4 is 29.0 Å². The summed E-state index contributed by atoms with van der Waals surface area (Å²) in [5.74, 6) is 0.163. The van der Waals surface area contributed by atoms with Crippen LogP contribution in [0.25, 0.3) is 0 Å². The van der Waals surface area contributed by atoms with E-state index >= 15 is 0 Å². The predicted octanol–water partition coefficient (Wildman–Crippen LogP) is 3.53. The minimum atomic E-state index is 0.163. The topological polar surface area (TPSA) is 17.1 Å². The molecule has 0 atom stereocenters. The molecule has 1 radical (unpaired) electrons. The van der Waals surface area contributed by atoms with Gasteiger partial charge in [-0.1, -0.05) is 41.5 Å². The summed E-state index contributed by atoms with van der Waals surface area (Å²) in [5.41, 5.74) is 1.79. The molecule has 0 N–H and O–H groups in total. The maximum absolute atomic E-state index is 11.4. The molecule has 0 heterocycles. The lowest BCUT2D eigenvalue weighted by molar-refractivity contribution is -0.113. The van der Waals surface area contributed by atoms with Gasteiger partial charge in [0.1, 0.15) is 7.28 Å². The first-order chi connectivity index (χ1) is 6.52. The van der Waals surface area contributed by atoms with Crippen LogP contribution in [-0.4, -0.2) is 13.1 Å². The Morgan fingerprint density at radius 2 is 2.07 bits per heavy atom. The Balaban J connectivity index is 4.67. The highest BCUT2D eigenvalue weighted by atomic mass is 79.9. The number of hydrogen-bond donors (Lipinski definition) is 0. The second-order valence-corrected chi connectivity index (χ2v) is 3.95.